The summed E-state index contributed by atoms with van der Waals surface area (Å²) in [6.07, 6.45) is -2.90. The summed E-state index contributed by atoms with van der Waals surface area (Å²) in [5.41, 5.74) is -1.54. The number of nitrogens with zero attached hydrogens (tertiary/aromatic N) is 4. The minimum absolute atomic E-state index is 0.0255. The zero-order valence-corrected chi connectivity index (χ0v) is 17.4. The Hall–Kier alpha value is -2.59. The smallest absolute Gasteiger partial charge is 0.416 e. The topological polar surface area (TPSA) is 62.2 Å². The standard InChI is InChI=1S/C19H16ClF3N4O2S/c1-2-26-15(28)14(11-4-3-5-12(8-11)19(21,22)23)16(29)27-7-6-25(18(26)27)10-13-9-24-17(20)30-13/h3-5,8-9H,2,6-7,10H2,1H3/p+1. The van der Waals surface area contributed by atoms with Gasteiger partial charge in [0.2, 0.25) is 0 Å². The maximum Gasteiger partial charge on any atom is 0.416 e. The quantitative estimate of drug-likeness (QED) is 0.607. The molecule has 0 aliphatic carbocycles. The van der Waals surface area contributed by atoms with Crippen molar-refractivity contribution in [2.24, 2.45) is 0 Å². The molecule has 1 aromatic carbocycles. The van der Waals surface area contributed by atoms with Crippen molar-refractivity contribution in [1.29, 1.82) is 0 Å². The van der Waals surface area contributed by atoms with Crippen molar-refractivity contribution in [3.8, 4) is 17.0 Å². The molecule has 3 aromatic rings. The maximum atomic E-state index is 13.2. The van der Waals surface area contributed by atoms with Crippen molar-refractivity contribution in [2.45, 2.75) is 32.7 Å². The molecular weight excluding hydrogens is 441 g/mol. The lowest BCUT2D eigenvalue weighted by molar-refractivity contribution is -0.680. The van der Waals surface area contributed by atoms with E-state index in [0.717, 1.165) is 17.0 Å². The Bertz CT molecular complexity index is 1180. The van der Waals surface area contributed by atoms with E-state index in [1.807, 2.05) is 4.90 Å². The summed E-state index contributed by atoms with van der Waals surface area (Å²) in [5, 5.41) is 10.9. The Kier molecular flexibility index (Phi) is 5.23. The van der Waals surface area contributed by atoms with Crippen LogP contribution in [0.2, 0.25) is 4.47 Å². The molecule has 0 spiro atoms. The largest absolute Gasteiger partial charge is 0.483 e. The fraction of sp³-hybridized carbons (Fsp3) is 0.316. The Balaban J connectivity index is 1.84. The first-order valence-corrected chi connectivity index (χ1v) is 10.3. The number of alkyl halides is 3. The molecule has 158 valence electrons. The molecule has 0 fully saturated rings. The van der Waals surface area contributed by atoms with E-state index in [0.29, 0.717) is 36.6 Å². The second-order valence-electron chi connectivity index (χ2n) is 6.78. The van der Waals surface area contributed by atoms with Crippen LogP contribution in [0.3, 0.4) is 0 Å². The summed E-state index contributed by atoms with van der Waals surface area (Å²) >= 11 is 7.22. The van der Waals surface area contributed by atoms with Gasteiger partial charge < -0.3 is 5.11 Å². The van der Waals surface area contributed by atoms with Gasteiger partial charge in [0.25, 0.3) is 5.88 Å². The van der Waals surface area contributed by atoms with Crippen LogP contribution in [0.25, 0.3) is 11.1 Å². The number of benzene rings is 1. The van der Waals surface area contributed by atoms with Crippen LogP contribution < -0.4 is 15.0 Å². The molecule has 11 heteroatoms. The van der Waals surface area contributed by atoms with Crippen LogP contribution in [0.15, 0.2) is 35.3 Å². The highest BCUT2D eigenvalue weighted by atomic mass is 35.5. The zero-order valence-electron chi connectivity index (χ0n) is 15.8. The van der Waals surface area contributed by atoms with Crippen LogP contribution in [0.5, 0.6) is 5.88 Å². The van der Waals surface area contributed by atoms with E-state index >= 15 is 0 Å². The predicted octanol–water partition coefficient (Wildman–Crippen LogP) is 3.68. The first-order valence-electron chi connectivity index (χ1n) is 9.13. The molecule has 30 heavy (non-hydrogen) atoms. The fourth-order valence-corrected chi connectivity index (χ4v) is 4.64. The molecule has 1 aliphatic rings. The number of halogens is 4. The second kappa shape index (κ2) is 7.59. The molecule has 0 radical (unpaired) electrons. The molecule has 0 unspecified atom stereocenters. The van der Waals surface area contributed by atoms with Gasteiger partial charge in [-0.1, -0.05) is 23.7 Å². The van der Waals surface area contributed by atoms with Crippen LogP contribution in [-0.4, -0.2) is 21.2 Å². The Morgan fingerprint density at radius 3 is 2.77 bits per heavy atom. The highest BCUT2D eigenvalue weighted by Gasteiger charge is 2.37. The molecule has 2 aromatic heterocycles. The summed E-state index contributed by atoms with van der Waals surface area (Å²) < 4.78 is 42.8. The van der Waals surface area contributed by atoms with Gasteiger partial charge >= 0.3 is 17.7 Å². The third-order valence-electron chi connectivity index (χ3n) is 4.96. The van der Waals surface area contributed by atoms with Gasteiger partial charge in [0.05, 0.1) is 23.5 Å². The third kappa shape index (κ3) is 3.54. The van der Waals surface area contributed by atoms with Crippen molar-refractivity contribution >= 4 is 28.9 Å². The Labute approximate surface area is 178 Å². The summed E-state index contributed by atoms with van der Waals surface area (Å²) in [6, 6.07) is 4.44. The average molecular weight is 458 g/mol. The molecule has 0 atom stereocenters. The molecule has 6 nitrogen and oxygen atoms in total. The van der Waals surface area contributed by atoms with Crippen molar-refractivity contribution in [3.63, 3.8) is 0 Å². The minimum Gasteiger partial charge on any atom is -0.483 e. The van der Waals surface area contributed by atoms with Crippen LogP contribution >= 0.6 is 22.9 Å². The van der Waals surface area contributed by atoms with Crippen LogP contribution in [0.1, 0.15) is 17.4 Å². The lowest BCUT2D eigenvalue weighted by Crippen LogP contribution is -2.41. The average Bonchev–Trinajstić information content (AvgIpc) is 3.29. The summed E-state index contributed by atoms with van der Waals surface area (Å²) in [6.45, 7) is 3.43. The van der Waals surface area contributed by atoms with E-state index < -0.39 is 17.3 Å². The molecular formula is C19H17ClF3N4O2S+. The molecule has 3 heterocycles. The van der Waals surface area contributed by atoms with Crippen molar-refractivity contribution in [3.05, 3.63) is 55.7 Å². The number of rotatable bonds is 4. The number of hydrogen-bond acceptors (Lipinski definition) is 5. The van der Waals surface area contributed by atoms with Gasteiger partial charge in [-0.05, 0) is 24.6 Å². The highest BCUT2D eigenvalue weighted by molar-refractivity contribution is 7.15. The van der Waals surface area contributed by atoms with E-state index in [9.17, 15) is 23.1 Å². The lowest BCUT2D eigenvalue weighted by Gasteiger charge is -2.16. The monoisotopic (exact) mass is 457 g/mol. The van der Waals surface area contributed by atoms with Gasteiger partial charge in [-0.15, -0.1) is 11.3 Å². The van der Waals surface area contributed by atoms with Crippen molar-refractivity contribution < 1.29 is 22.8 Å². The van der Waals surface area contributed by atoms with Crippen molar-refractivity contribution in [1.82, 2.24) is 9.55 Å². The van der Waals surface area contributed by atoms with Crippen molar-refractivity contribution in [2.75, 3.05) is 11.4 Å². The van der Waals surface area contributed by atoms with Crippen LogP contribution in [-0.2, 0) is 25.8 Å². The van der Waals surface area contributed by atoms with Gasteiger partial charge in [-0.3, -0.25) is 4.90 Å². The summed E-state index contributed by atoms with van der Waals surface area (Å²) in [5.74, 6) is 0.157. The third-order valence-corrected chi connectivity index (χ3v) is 6.06. The van der Waals surface area contributed by atoms with Gasteiger partial charge in [0.15, 0.2) is 4.47 Å². The molecule has 4 rings (SSSR count). The van der Waals surface area contributed by atoms with Gasteiger partial charge in [0, 0.05) is 6.20 Å². The Morgan fingerprint density at radius 2 is 2.13 bits per heavy atom. The molecule has 1 N–H and O–H groups in total. The number of thiazole rings is 1. The SMILES string of the molecule is CCn1c2[n+](c(O)c(-c3cccc(C(F)(F)F)c3)c1=O)CCN2Cc1cnc(Cl)s1. The maximum absolute atomic E-state index is 13.2. The summed E-state index contributed by atoms with van der Waals surface area (Å²) in [7, 11) is 0. The van der Waals surface area contributed by atoms with E-state index in [4.69, 9.17) is 11.6 Å². The summed E-state index contributed by atoms with van der Waals surface area (Å²) in [4.78, 5) is 20.0. The number of aromatic nitrogens is 3. The number of anilines is 1. The lowest BCUT2D eigenvalue weighted by atomic mass is 10.0. The molecule has 0 bridgehead atoms. The molecule has 0 saturated heterocycles. The molecule has 1 aliphatic heterocycles. The Morgan fingerprint density at radius 1 is 1.37 bits per heavy atom. The normalized spacial score (nSPS) is 13.7. The van der Waals surface area contributed by atoms with Gasteiger partial charge in [-0.25, -0.2) is 9.78 Å². The first-order chi connectivity index (χ1) is 14.2. The number of fused-ring (bicyclic) bond motifs is 1. The first kappa shape index (κ1) is 20.7. The predicted molar refractivity (Wildman–Crippen MR) is 107 cm³/mol. The minimum atomic E-state index is -4.55. The molecule has 0 amide bonds. The van der Waals surface area contributed by atoms with E-state index in [1.54, 1.807) is 17.7 Å². The fourth-order valence-electron chi connectivity index (χ4n) is 3.65. The second-order valence-corrected chi connectivity index (χ2v) is 8.48. The van der Waals surface area contributed by atoms with E-state index in [2.05, 4.69) is 4.98 Å². The molecule has 0 saturated carbocycles. The van der Waals surface area contributed by atoms with E-state index in [-0.39, 0.29) is 17.0 Å². The highest BCUT2D eigenvalue weighted by Crippen LogP contribution is 2.34. The van der Waals surface area contributed by atoms with E-state index in [1.165, 1.54) is 28.0 Å². The zero-order chi connectivity index (χ0) is 21.6. The number of aromatic hydroxyl groups is 1. The van der Waals surface area contributed by atoms with Gasteiger partial charge in [-0.2, -0.15) is 22.3 Å². The van der Waals surface area contributed by atoms with Gasteiger partial charge in [0.1, 0.15) is 18.7 Å². The van der Waals surface area contributed by atoms with Crippen LogP contribution in [0.4, 0.5) is 19.1 Å². The van der Waals surface area contributed by atoms with Crippen LogP contribution in [0, 0.1) is 0 Å². The number of hydrogen-bond donors (Lipinski definition) is 1.